The van der Waals surface area contributed by atoms with Crippen LogP contribution in [0.5, 0.6) is 0 Å². The summed E-state index contributed by atoms with van der Waals surface area (Å²) >= 11 is 1.31. The molecular formula is C23H25N3O3S. The van der Waals surface area contributed by atoms with E-state index in [9.17, 15) is 9.59 Å². The van der Waals surface area contributed by atoms with Gasteiger partial charge in [0.2, 0.25) is 5.91 Å². The van der Waals surface area contributed by atoms with Crippen LogP contribution in [-0.4, -0.2) is 33.4 Å². The van der Waals surface area contributed by atoms with Crippen molar-refractivity contribution < 1.29 is 9.53 Å². The summed E-state index contributed by atoms with van der Waals surface area (Å²) in [6.45, 7) is 3.49. The molecule has 1 aliphatic heterocycles. The van der Waals surface area contributed by atoms with Crippen LogP contribution in [0.25, 0.3) is 10.9 Å². The first-order valence-electron chi connectivity index (χ1n) is 10.2. The number of thioether (sulfide) groups is 1. The lowest BCUT2D eigenvalue weighted by molar-refractivity contribution is -0.120. The second-order valence-corrected chi connectivity index (χ2v) is 8.73. The van der Waals surface area contributed by atoms with Gasteiger partial charge in [-0.1, -0.05) is 54.2 Å². The summed E-state index contributed by atoms with van der Waals surface area (Å²) in [5, 5.41) is 3.71. The van der Waals surface area contributed by atoms with Crippen LogP contribution in [0.15, 0.2) is 64.5 Å². The van der Waals surface area contributed by atoms with Crippen LogP contribution in [0.3, 0.4) is 0 Å². The highest BCUT2D eigenvalue weighted by molar-refractivity contribution is 8.00. The molecule has 1 aliphatic rings. The van der Waals surface area contributed by atoms with Gasteiger partial charge in [0.15, 0.2) is 5.16 Å². The van der Waals surface area contributed by atoms with Gasteiger partial charge in [-0.15, -0.1) is 0 Å². The van der Waals surface area contributed by atoms with Gasteiger partial charge in [-0.3, -0.25) is 14.2 Å². The number of aromatic nitrogens is 2. The maximum absolute atomic E-state index is 13.2. The Labute approximate surface area is 179 Å². The number of carbonyl (C=O) groups excluding carboxylic acids is 1. The summed E-state index contributed by atoms with van der Waals surface area (Å²) in [6, 6.07) is 17.1. The number of ether oxygens (including phenoxy) is 1. The predicted molar refractivity (Wildman–Crippen MR) is 119 cm³/mol. The first kappa shape index (κ1) is 20.6. The number of nitrogens with one attached hydrogen (secondary N) is 1. The highest BCUT2D eigenvalue weighted by Crippen LogP contribution is 2.24. The quantitative estimate of drug-likeness (QED) is 0.466. The Morgan fingerprint density at radius 3 is 2.77 bits per heavy atom. The van der Waals surface area contributed by atoms with Crippen LogP contribution < -0.4 is 10.9 Å². The summed E-state index contributed by atoms with van der Waals surface area (Å²) in [5.74, 6) is -0.0880. The van der Waals surface area contributed by atoms with Crippen molar-refractivity contribution in [2.45, 2.75) is 49.4 Å². The molecule has 1 saturated heterocycles. The molecule has 1 fully saturated rings. The molecule has 0 aliphatic carbocycles. The third-order valence-electron chi connectivity index (χ3n) is 5.20. The summed E-state index contributed by atoms with van der Waals surface area (Å²) in [7, 11) is 0. The predicted octanol–water partition coefficient (Wildman–Crippen LogP) is 3.37. The van der Waals surface area contributed by atoms with Crippen molar-refractivity contribution in [3.05, 3.63) is 70.5 Å². The van der Waals surface area contributed by atoms with Crippen LogP contribution >= 0.6 is 11.8 Å². The van der Waals surface area contributed by atoms with Crippen LogP contribution in [0, 0.1) is 0 Å². The summed E-state index contributed by atoms with van der Waals surface area (Å²) < 4.78 is 7.41. The van der Waals surface area contributed by atoms with Crippen LogP contribution in [0.4, 0.5) is 0 Å². The zero-order chi connectivity index (χ0) is 20.9. The third-order valence-corrected chi connectivity index (χ3v) is 6.29. The third kappa shape index (κ3) is 4.74. The standard InChI is InChI=1S/C23H25N3O3S/c1-16(21(27)24-14-17-8-3-2-4-9-17)30-23-25-20-12-6-5-11-19(20)22(28)26(23)15-18-10-7-13-29-18/h2-6,8-9,11-12,16,18H,7,10,13-15H2,1H3,(H,24,27)/t16-,18-/m0/s1. The normalized spacial score (nSPS) is 17.2. The number of hydrogen-bond donors (Lipinski definition) is 1. The van der Waals surface area contributed by atoms with Gasteiger partial charge in [0, 0.05) is 13.2 Å². The van der Waals surface area contributed by atoms with Crippen molar-refractivity contribution in [3.8, 4) is 0 Å². The summed E-state index contributed by atoms with van der Waals surface area (Å²) in [5.41, 5.74) is 1.60. The molecule has 1 aromatic heterocycles. The van der Waals surface area contributed by atoms with E-state index in [2.05, 4.69) is 5.32 Å². The maximum atomic E-state index is 13.2. The van der Waals surface area contributed by atoms with Gasteiger partial charge in [-0.2, -0.15) is 0 Å². The minimum absolute atomic E-state index is 0.00669. The number of fused-ring (bicyclic) bond motifs is 1. The largest absolute Gasteiger partial charge is 0.376 e. The molecule has 4 rings (SSSR count). The van der Waals surface area contributed by atoms with E-state index in [0.717, 1.165) is 25.0 Å². The lowest BCUT2D eigenvalue weighted by Crippen LogP contribution is -2.33. The maximum Gasteiger partial charge on any atom is 0.262 e. The molecule has 156 valence electrons. The Bertz CT molecular complexity index is 1080. The topological polar surface area (TPSA) is 73.2 Å². The average Bonchev–Trinajstić information content (AvgIpc) is 3.28. The number of para-hydroxylation sites is 1. The van der Waals surface area contributed by atoms with Crippen molar-refractivity contribution in [2.24, 2.45) is 0 Å². The SMILES string of the molecule is C[C@H](Sc1nc2ccccc2c(=O)n1C[C@@H]1CCCO1)C(=O)NCc1ccccc1. The molecule has 3 aromatic rings. The Hall–Kier alpha value is -2.64. The lowest BCUT2D eigenvalue weighted by atomic mass is 10.2. The second-order valence-electron chi connectivity index (χ2n) is 7.43. The monoisotopic (exact) mass is 423 g/mol. The average molecular weight is 424 g/mol. The van der Waals surface area contributed by atoms with Crippen LogP contribution in [0.2, 0.25) is 0 Å². The molecule has 1 amide bonds. The van der Waals surface area contributed by atoms with Gasteiger partial charge >= 0.3 is 0 Å². The van der Waals surface area contributed by atoms with Gasteiger partial charge in [0.25, 0.3) is 5.56 Å². The Kier molecular flexibility index (Phi) is 6.50. The van der Waals surface area contributed by atoms with Crippen molar-refractivity contribution in [2.75, 3.05) is 6.61 Å². The number of hydrogen-bond acceptors (Lipinski definition) is 5. The molecule has 1 N–H and O–H groups in total. The molecule has 0 spiro atoms. The smallest absolute Gasteiger partial charge is 0.262 e. The van der Waals surface area contributed by atoms with Crippen molar-refractivity contribution in [1.82, 2.24) is 14.9 Å². The van der Waals surface area contributed by atoms with Crippen molar-refractivity contribution in [1.29, 1.82) is 0 Å². The van der Waals surface area contributed by atoms with E-state index in [-0.39, 0.29) is 17.6 Å². The van der Waals surface area contributed by atoms with E-state index in [0.29, 0.717) is 29.1 Å². The first-order chi connectivity index (χ1) is 14.6. The molecule has 30 heavy (non-hydrogen) atoms. The van der Waals surface area contributed by atoms with Crippen LogP contribution in [-0.2, 0) is 22.6 Å². The molecule has 2 heterocycles. The minimum atomic E-state index is -0.391. The summed E-state index contributed by atoms with van der Waals surface area (Å²) in [4.78, 5) is 30.5. The fourth-order valence-corrected chi connectivity index (χ4v) is 4.47. The fourth-order valence-electron chi connectivity index (χ4n) is 3.53. The van der Waals surface area contributed by atoms with E-state index in [4.69, 9.17) is 9.72 Å². The lowest BCUT2D eigenvalue weighted by Gasteiger charge is -2.18. The van der Waals surface area contributed by atoms with Crippen molar-refractivity contribution in [3.63, 3.8) is 0 Å². The highest BCUT2D eigenvalue weighted by atomic mass is 32.2. The van der Waals surface area contributed by atoms with E-state index < -0.39 is 5.25 Å². The zero-order valence-electron chi connectivity index (χ0n) is 16.9. The second kappa shape index (κ2) is 9.45. The first-order valence-corrected chi connectivity index (χ1v) is 11.1. The number of carbonyl (C=O) groups is 1. The Balaban J connectivity index is 1.55. The molecule has 0 unspecified atom stereocenters. The molecular weight excluding hydrogens is 398 g/mol. The van der Waals surface area contributed by atoms with Crippen LogP contribution in [0.1, 0.15) is 25.3 Å². The van der Waals surface area contributed by atoms with Gasteiger partial charge in [0.1, 0.15) is 0 Å². The van der Waals surface area contributed by atoms with Gasteiger partial charge in [0.05, 0.1) is 28.8 Å². The molecule has 2 aromatic carbocycles. The van der Waals surface area contributed by atoms with Gasteiger partial charge < -0.3 is 10.1 Å². The van der Waals surface area contributed by atoms with E-state index >= 15 is 0 Å². The number of amides is 1. The van der Waals surface area contributed by atoms with E-state index in [1.54, 1.807) is 10.6 Å². The molecule has 7 heteroatoms. The van der Waals surface area contributed by atoms with E-state index in [1.165, 1.54) is 11.8 Å². The summed E-state index contributed by atoms with van der Waals surface area (Å²) in [6.07, 6.45) is 1.93. The molecule has 0 bridgehead atoms. The van der Waals surface area contributed by atoms with Gasteiger partial charge in [-0.05, 0) is 37.5 Å². The number of benzene rings is 2. The number of rotatable bonds is 7. The minimum Gasteiger partial charge on any atom is -0.376 e. The van der Waals surface area contributed by atoms with E-state index in [1.807, 2.05) is 55.5 Å². The number of nitrogens with zero attached hydrogens (tertiary/aromatic N) is 2. The molecule has 2 atom stereocenters. The molecule has 0 saturated carbocycles. The fraction of sp³-hybridized carbons (Fsp3) is 0.348. The highest BCUT2D eigenvalue weighted by Gasteiger charge is 2.23. The molecule has 6 nitrogen and oxygen atoms in total. The van der Waals surface area contributed by atoms with Gasteiger partial charge in [-0.25, -0.2) is 4.98 Å². The zero-order valence-corrected chi connectivity index (χ0v) is 17.7. The Morgan fingerprint density at radius 2 is 2.00 bits per heavy atom. The Morgan fingerprint density at radius 1 is 1.23 bits per heavy atom. The van der Waals surface area contributed by atoms with Crippen molar-refractivity contribution >= 4 is 28.6 Å². The molecule has 0 radical (unpaired) electrons.